The van der Waals surface area contributed by atoms with Crippen molar-refractivity contribution >= 4 is 40.7 Å². The minimum Gasteiger partial charge on any atom is -0.452 e. The van der Waals surface area contributed by atoms with Crippen molar-refractivity contribution in [1.29, 1.82) is 0 Å². The third kappa shape index (κ3) is 5.23. The molecule has 4 aromatic rings. The highest BCUT2D eigenvalue weighted by Gasteiger charge is 2.13. The first-order chi connectivity index (χ1) is 14.2. The molecule has 4 rings (SSSR count). The second-order valence-corrected chi connectivity index (χ2v) is 8.09. The molecule has 0 amide bonds. The molecule has 0 bridgehead atoms. The number of esters is 1. The van der Waals surface area contributed by atoms with Crippen molar-refractivity contribution in [1.82, 2.24) is 15.1 Å². The Morgan fingerprint density at radius 3 is 2.66 bits per heavy atom. The minimum absolute atomic E-state index is 0.0975. The van der Waals surface area contributed by atoms with Crippen LogP contribution < -0.4 is 0 Å². The summed E-state index contributed by atoms with van der Waals surface area (Å²) < 4.78 is 10.4. The maximum absolute atomic E-state index is 12.2. The van der Waals surface area contributed by atoms with Crippen LogP contribution >= 0.6 is 34.7 Å². The Labute approximate surface area is 179 Å². The van der Waals surface area contributed by atoms with E-state index in [0.717, 1.165) is 21.9 Å². The lowest BCUT2D eigenvalue weighted by Crippen LogP contribution is -2.05. The van der Waals surface area contributed by atoms with Crippen molar-refractivity contribution < 1.29 is 14.1 Å². The summed E-state index contributed by atoms with van der Waals surface area (Å²) in [5.74, 6) is 0.973. The quantitative estimate of drug-likeness (QED) is 0.276. The van der Waals surface area contributed by atoms with Gasteiger partial charge in [0, 0.05) is 26.6 Å². The second-order valence-electron chi connectivity index (χ2n) is 5.89. The molecule has 6 nitrogen and oxygen atoms in total. The van der Waals surface area contributed by atoms with Gasteiger partial charge < -0.3 is 9.26 Å². The monoisotopic (exact) mass is 443 g/mol. The molecule has 0 unspecified atom stereocenters. The van der Waals surface area contributed by atoms with Gasteiger partial charge in [-0.15, -0.1) is 23.1 Å². The van der Waals surface area contributed by atoms with Gasteiger partial charge in [-0.05, 0) is 48.5 Å². The minimum atomic E-state index is -0.452. The van der Waals surface area contributed by atoms with Gasteiger partial charge in [0.1, 0.15) is 0 Å². The lowest BCUT2D eigenvalue weighted by molar-refractivity contribution is 0.0429. The zero-order valence-corrected chi connectivity index (χ0v) is 17.3. The summed E-state index contributed by atoms with van der Waals surface area (Å²) >= 11 is 9.11. The lowest BCUT2D eigenvalue weighted by Gasteiger charge is -2.04. The largest absolute Gasteiger partial charge is 0.452 e. The zero-order chi connectivity index (χ0) is 20.1. The van der Waals surface area contributed by atoms with Crippen LogP contribution in [0.1, 0.15) is 21.9 Å². The first-order valence-corrected chi connectivity index (χ1v) is 10.8. The summed E-state index contributed by atoms with van der Waals surface area (Å²) in [7, 11) is 0. The first-order valence-electron chi connectivity index (χ1n) is 8.53. The molecule has 0 aliphatic rings. The molecule has 0 fully saturated rings. The van der Waals surface area contributed by atoms with E-state index in [-0.39, 0.29) is 12.5 Å². The highest BCUT2D eigenvalue weighted by atomic mass is 35.5. The maximum Gasteiger partial charge on any atom is 0.338 e. The topological polar surface area (TPSA) is 78.1 Å². The van der Waals surface area contributed by atoms with Crippen molar-refractivity contribution in [2.24, 2.45) is 0 Å². The van der Waals surface area contributed by atoms with Gasteiger partial charge in [-0.2, -0.15) is 4.98 Å². The third-order valence-corrected chi connectivity index (χ3v) is 5.79. The van der Waals surface area contributed by atoms with Gasteiger partial charge in [0.2, 0.25) is 5.82 Å². The molecule has 0 spiro atoms. The molecular weight excluding hydrogens is 430 g/mol. The smallest absolute Gasteiger partial charge is 0.338 e. The molecule has 146 valence electrons. The standard InChI is InChI=1S/C20H14ClN3O3S2/c21-15-5-1-13(2-6-15)19-23-18(27-24-19)9-26-20(25)14-3-7-17(8-4-14)29-11-16-10-28-12-22-16/h1-8,10,12H,9,11H2. The van der Waals surface area contributed by atoms with Crippen LogP contribution in [-0.4, -0.2) is 21.1 Å². The van der Waals surface area contributed by atoms with Crippen molar-refractivity contribution in [3.63, 3.8) is 0 Å². The molecule has 2 aromatic heterocycles. The Morgan fingerprint density at radius 2 is 1.93 bits per heavy atom. The predicted octanol–water partition coefficient (Wildman–Crippen LogP) is 5.50. The molecule has 2 aromatic carbocycles. The summed E-state index contributed by atoms with van der Waals surface area (Å²) in [6.07, 6.45) is 0. The number of hydrogen-bond donors (Lipinski definition) is 0. The molecule has 0 N–H and O–H groups in total. The zero-order valence-electron chi connectivity index (χ0n) is 14.9. The molecule has 0 saturated heterocycles. The molecule has 0 aliphatic carbocycles. The van der Waals surface area contributed by atoms with Crippen LogP contribution in [0.3, 0.4) is 0 Å². The fraction of sp³-hybridized carbons (Fsp3) is 0.100. The normalized spacial score (nSPS) is 10.8. The number of rotatable bonds is 7. The van der Waals surface area contributed by atoms with E-state index in [0.29, 0.717) is 16.4 Å². The summed E-state index contributed by atoms with van der Waals surface area (Å²) in [5.41, 5.74) is 4.08. The van der Waals surface area contributed by atoms with Gasteiger partial charge in [0.05, 0.1) is 16.8 Å². The number of carbonyl (C=O) groups excluding carboxylic acids is 1. The molecule has 0 radical (unpaired) electrons. The maximum atomic E-state index is 12.2. The average molecular weight is 444 g/mol. The summed E-state index contributed by atoms with van der Waals surface area (Å²) in [6, 6.07) is 14.3. The number of benzene rings is 2. The SMILES string of the molecule is O=C(OCc1nc(-c2ccc(Cl)cc2)no1)c1ccc(SCc2cscn2)cc1. The predicted molar refractivity (Wildman–Crippen MR) is 112 cm³/mol. The van der Waals surface area contributed by atoms with Gasteiger partial charge >= 0.3 is 5.97 Å². The van der Waals surface area contributed by atoms with Crippen molar-refractivity contribution in [2.75, 3.05) is 0 Å². The van der Waals surface area contributed by atoms with E-state index in [1.54, 1.807) is 59.5 Å². The highest BCUT2D eigenvalue weighted by molar-refractivity contribution is 7.98. The van der Waals surface area contributed by atoms with E-state index in [1.807, 2.05) is 23.0 Å². The average Bonchev–Trinajstić information content (AvgIpc) is 3.44. The molecular formula is C20H14ClN3O3S2. The van der Waals surface area contributed by atoms with Gasteiger partial charge in [-0.1, -0.05) is 16.8 Å². The fourth-order valence-corrected chi connectivity index (χ4v) is 3.98. The molecule has 0 atom stereocenters. The van der Waals surface area contributed by atoms with Crippen molar-refractivity contribution in [2.45, 2.75) is 17.3 Å². The van der Waals surface area contributed by atoms with Crippen LogP contribution in [0.5, 0.6) is 0 Å². The fourth-order valence-electron chi connectivity index (χ4n) is 2.39. The van der Waals surface area contributed by atoms with E-state index >= 15 is 0 Å². The van der Waals surface area contributed by atoms with Crippen LogP contribution in [0, 0.1) is 0 Å². The molecule has 2 heterocycles. The number of halogens is 1. The third-order valence-electron chi connectivity index (χ3n) is 3.86. The Morgan fingerprint density at radius 1 is 1.14 bits per heavy atom. The number of carbonyl (C=O) groups is 1. The lowest BCUT2D eigenvalue weighted by atomic mass is 10.2. The van der Waals surface area contributed by atoms with E-state index in [4.69, 9.17) is 20.9 Å². The van der Waals surface area contributed by atoms with Crippen LogP contribution in [0.2, 0.25) is 5.02 Å². The Hall–Kier alpha value is -2.68. The number of hydrogen-bond acceptors (Lipinski definition) is 8. The van der Waals surface area contributed by atoms with Gasteiger partial charge in [0.25, 0.3) is 5.89 Å². The van der Waals surface area contributed by atoms with Crippen LogP contribution in [0.4, 0.5) is 0 Å². The molecule has 29 heavy (non-hydrogen) atoms. The van der Waals surface area contributed by atoms with Crippen molar-refractivity contribution in [3.05, 3.63) is 81.6 Å². The number of nitrogens with zero attached hydrogens (tertiary/aromatic N) is 3. The van der Waals surface area contributed by atoms with Gasteiger partial charge in [0.15, 0.2) is 6.61 Å². The molecule has 9 heteroatoms. The first kappa shape index (κ1) is 19.6. The van der Waals surface area contributed by atoms with Crippen LogP contribution in [-0.2, 0) is 17.1 Å². The summed E-state index contributed by atoms with van der Waals surface area (Å²) in [5, 5.41) is 6.54. The van der Waals surface area contributed by atoms with Crippen molar-refractivity contribution in [3.8, 4) is 11.4 Å². The van der Waals surface area contributed by atoms with Crippen LogP contribution in [0.15, 0.2) is 68.8 Å². The Balaban J connectivity index is 1.31. The van der Waals surface area contributed by atoms with E-state index in [9.17, 15) is 4.79 Å². The van der Waals surface area contributed by atoms with Gasteiger partial charge in [-0.25, -0.2) is 9.78 Å². The Kier molecular flexibility index (Phi) is 6.24. The van der Waals surface area contributed by atoms with Gasteiger partial charge in [-0.3, -0.25) is 0 Å². The second kappa shape index (κ2) is 9.21. The number of aromatic nitrogens is 3. The molecule has 0 aliphatic heterocycles. The van der Waals surface area contributed by atoms with Crippen LogP contribution in [0.25, 0.3) is 11.4 Å². The summed E-state index contributed by atoms with van der Waals surface area (Å²) in [4.78, 5) is 21.8. The molecule has 0 saturated carbocycles. The highest BCUT2D eigenvalue weighted by Crippen LogP contribution is 2.23. The number of thioether (sulfide) groups is 1. The van der Waals surface area contributed by atoms with E-state index < -0.39 is 5.97 Å². The number of ether oxygens (including phenoxy) is 1. The number of thiazole rings is 1. The summed E-state index contributed by atoms with van der Waals surface area (Å²) in [6.45, 7) is -0.0975. The Bertz CT molecular complexity index is 1080. The van der Waals surface area contributed by atoms with E-state index in [2.05, 4.69) is 15.1 Å². The van der Waals surface area contributed by atoms with E-state index in [1.165, 1.54) is 0 Å².